The lowest BCUT2D eigenvalue weighted by Crippen LogP contribution is -2.22. The van der Waals surface area contributed by atoms with Crippen LogP contribution in [0.2, 0.25) is 0 Å². The Labute approximate surface area is 99.4 Å². The number of carbonyl (C=O) groups excluding carboxylic acids is 1. The molecule has 0 bridgehead atoms. The van der Waals surface area contributed by atoms with Crippen molar-refractivity contribution in [1.82, 2.24) is 15.1 Å². The third-order valence-corrected chi connectivity index (χ3v) is 2.52. The third kappa shape index (κ3) is 2.55. The summed E-state index contributed by atoms with van der Waals surface area (Å²) in [6.07, 6.45) is 3.34. The van der Waals surface area contributed by atoms with Crippen LogP contribution in [0.1, 0.15) is 28.7 Å². The van der Waals surface area contributed by atoms with Crippen molar-refractivity contribution >= 4 is 5.91 Å². The highest BCUT2D eigenvalue weighted by Gasteiger charge is 2.12. The van der Waals surface area contributed by atoms with Crippen molar-refractivity contribution in [2.24, 2.45) is 0 Å². The Hall–Kier alpha value is -2.04. The first-order chi connectivity index (χ1) is 8.20. The van der Waals surface area contributed by atoms with Gasteiger partial charge in [0, 0.05) is 12.7 Å². The fourth-order valence-corrected chi connectivity index (χ4v) is 1.58. The van der Waals surface area contributed by atoms with E-state index in [9.17, 15) is 4.79 Å². The number of hydrogen-bond acceptors (Lipinski definition) is 3. The van der Waals surface area contributed by atoms with Gasteiger partial charge in [-0.2, -0.15) is 5.10 Å². The van der Waals surface area contributed by atoms with E-state index >= 15 is 0 Å². The predicted molar refractivity (Wildman–Crippen MR) is 62.5 cm³/mol. The summed E-state index contributed by atoms with van der Waals surface area (Å²) in [5.74, 6) is 0.609. The maximum atomic E-state index is 11.9. The van der Waals surface area contributed by atoms with Gasteiger partial charge in [0.25, 0.3) is 5.91 Å². The average molecular weight is 233 g/mol. The first-order valence-corrected chi connectivity index (χ1v) is 5.55. The lowest BCUT2D eigenvalue weighted by atomic mass is 10.2. The van der Waals surface area contributed by atoms with Gasteiger partial charge < -0.3 is 9.73 Å². The van der Waals surface area contributed by atoms with Crippen LogP contribution in [-0.4, -0.2) is 15.7 Å². The second-order valence-corrected chi connectivity index (χ2v) is 3.75. The highest BCUT2D eigenvalue weighted by molar-refractivity contribution is 5.94. The van der Waals surface area contributed by atoms with E-state index < -0.39 is 0 Å². The van der Waals surface area contributed by atoms with Crippen LogP contribution >= 0.6 is 0 Å². The van der Waals surface area contributed by atoms with Gasteiger partial charge in [-0.05, 0) is 26.0 Å². The second kappa shape index (κ2) is 4.86. The van der Waals surface area contributed by atoms with Crippen molar-refractivity contribution in [1.29, 1.82) is 0 Å². The van der Waals surface area contributed by atoms with Crippen LogP contribution in [0.25, 0.3) is 0 Å². The van der Waals surface area contributed by atoms with Gasteiger partial charge in [0.15, 0.2) is 0 Å². The summed E-state index contributed by atoms with van der Waals surface area (Å²) in [5.41, 5.74) is 1.35. The molecule has 0 radical (unpaired) electrons. The lowest BCUT2D eigenvalue weighted by Gasteiger charge is -2.01. The standard InChI is InChI=1S/C12H15N3O2/c1-3-15-8-11(9(2)14-15)12(16)13-7-10-5-4-6-17-10/h4-6,8H,3,7H2,1-2H3,(H,13,16). The Kier molecular flexibility index (Phi) is 3.27. The van der Waals surface area contributed by atoms with E-state index in [2.05, 4.69) is 10.4 Å². The predicted octanol–water partition coefficient (Wildman–Crippen LogP) is 1.73. The largest absolute Gasteiger partial charge is 0.467 e. The molecule has 0 aliphatic rings. The van der Waals surface area contributed by atoms with Gasteiger partial charge in [-0.25, -0.2) is 0 Å². The van der Waals surface area contributed by atoms with Crippen LogP contribution in [0.5, 0.6) is 0 Å². The quantitative estimate of drug-likeness (QED) is 0.874. The molecule has 0 aromatic carbocycles. The molecule has 0 atom stereocenters. The highest BCUT2D eigenvalue weighted by atomic mass is 16.3. The summed E-state index contributed by atoms with van der Waals surface area (Å²) in [6, 6.07) is 3.62. The Morgan fingerprint density at radius 1 is 1.59 bits per heavy atom. The number of amides is 1. The Bertz CT molecular complexity index is 500. The van der Waals surface area contributed by atoms with Crippen LogP contribution < -0.4 is 5.32 Å². The number of carbonyl (C=O) groups is 1. The summed E-state index contributed by atoms with van der Waals surface area (Å²) in [6.45, 7) is 4.96. The molecule has 5 heteroatoms. The van der Waals surface area contributed by atoms with E-state index in [0.29, 0.717) is 12.1 Å². The van der Waals surface area contributed by atoms with Gasteiger partial charge in [-0.3, -0.25) is 9.48 Å². The molecule has 5 nitrogen and oxygen atoms in total. The first kappa shape index (κ1) is 11.4. The van der Waals surface area contributed by atoms with Crippen molar-refractivity contribution in [3.63, 3.8) is 0 Å². The van der Waals surface area contributed by atoms with Crippen molar-refractivity contribution in [2.75, 3.05) is 0 Å². The van der Waals surface area contributed by atoms with Gasteiger partial charge >= 0.3 is 0 Å². The Balaban J connectivity index is 2.01. The van der Waals surface area contributed by atoms with Crippen LogP contribution in [0.4, 0.5) is 0 Å². The van der Waals surface area contributed by atoms with E-state index in [1.807, 2.05) is 19.9 Å². The molecule has 2 aromatic heterocycles. The molecular weight excluding hydrogens is 218 g/mol. The molecule has 90 valence electrons. The minimum absolute atomic E-state index is 0.126. The summed E-state index contributed by atoms with van der Waals surface area (Å²) >= 11 is 0. The minimum atomic E-state index is -0.126. The molecule has 0 fully saturated rings. The molecule has 0 saturated carbocycles. The number of furan rings is 1. The van der Waals surface area contributed by atoms with E-state index in [4.69, 9.17) is 4.42 Å². The normalized spacial score (nSPS) is 10.5. The van der Waals surface area contributed by atoms with Crippen molar-refractivity contribution in [2.45, 2.75) is 26.9 Å². The van der Waals surface area contributed by atoms with Crippen molar-refractivity contribution in [3.8, 4) is 0 Å². The Morgan fingerprint density at radius 2 is 2.41 bits per heavy atom. The van der Waals surface area contributed by atoms with Gasteiger partial charge in [-0.1, -0.05) is 0 Å². The van der Waals surface area contributed by atoms with E-state index in [1.54, 1.807) is 23.2 Å². The summed E-state index contributed by atoms with van der Waals surface area (Å²) in [7, 11) is 0. The SMILES string of the molecule is CCn1cc(C(=O)NCc2ccco2)c(C)n1. The zero-order valence-corrected chi connectivity index (χ0v) is 9.93. The molecule has 1 N–H and O–H groups in total. The Morgan fingerprint density at radius 3 is 3.00 bits per heavy atom. The number of aryl methyl sites for hydroxylation is 2. The molecule has 2 heterocycles. The zero-order valence-electron chi connectivity index (χ0n) is 9.93. The highest BCUT2D eigenvalue weighted by Crippen LogP contribution is 2.06. The van der Waals surface area contributed by atoms with Crippen LogP contribution in [0.3, 0.4) is 0 Å². The fraction of sp³-hybridized carbons (Fsp3) is 0.333. The maximum absolute atomic E-state index is 11.9. The zero-order chi connectivity index (χ0) is 12.3. The summed E-state index contributed by atoms with van der Waals surface area (Å²) in [4.78, 5) is 11.9. The number of aromatic nitrogens is 2. The van der Waals surface area contributed by atoms with Crippen molar-refractivity contribution < 1.29 is 9.21 Å². The number of nitrogens with zero attached hydrogens (tertiary/aromatic N) is 2. The van der Waals surface area contributed by atoms with E-state index in [1.165, 1.54) is 0 Å². The monoisotopic (exact) mass is 233 g/mol. The molecule has 17 heavy (non-hydrogen) atoms. The van der Waals surface area contributed by atoms with Gasteiger partial charge in [0.2, 0.25) is 0 Å². The molecule has 2 rings (SSSR count). The van der Waals surface area contributed by atoms with Crippen LogP contribution in [0, 0.1) is 6.92 Å². The first-order valence-electron chi connectivity index (χ1n) is 5.55. The topological polar surface area (TPSA) is 60.1 Å². The van der Waals surface area contributed by atoms with E-state index in [-0.39, 0.29) is 5.91 Å². The third-order valence-electron chi connectivity index (χ3n) is 2.52. The molecule has 0 aliphatic carbocycles. The van der Waals surface area contributed by atoms with Crippen molar-refractivity contribution in [3.05, 3.63) is 41.6 Å². The van der Waals surface area contributed by atoms with E-state index in [0.717, 1.165) is 18.0 Å². The number of rotatable bonds is 4. The molecule has 0 spiro atoms. The number of nitrogens with one attached hydrogen (secondary N) is 1. The molecule has 0 saturated heterocycles. The molecule has 2 aromatic rings. The fourth-order valence-electron chi connectivity index (χ4n) is 1.58. The molecular formula is C12H15N3O2. The van der Waals surface area contributed by atoms with Gasteiger partial charge in [0.1, 0.15) is 5.76 Å². The smallest absolute Gasteiger partial charge is 0.255 e. The van der Waals surface area contributed by atoms with Crippen LogP contribution in [-0.2, 0) is 13.1 Å². The summed E-state index contributed by atoms with van der Waals surface area (Å²) < 4.78 is 6.89. The lowest BCUT2D eigenvalue weighted by molar-refractivity contribution is 0.0947. The molecule has 1 amide bonds. The average Bonchev–Trinajstić information content (AvgIpc) is 2.94. The maximum Gasteiger partial charge on any atom is 0.255 e. The van der Waals surface area contributed by atoms with Crippen LogP contribution in [0.15, 0.2) is 29.0 Å². The second-order valence-electron chi connectivity index (χ2n) is 3.75. The van der Waals surface area contributed by atoms with Gasteiger partial charge in [0.05, 0.1) is 24.1 Å². The van der Waals surface area contributed by atoms with Gasteiger partial charge in [-0.15, -0.1) is 0 Å². The summed E-state index contributed by atoms with van der Waals surface area (Å²) in [5, 5.41) is 7.02. The molecule has 0 unspecified atom stereocenters. The molecule has 0 aliphatic heterocycles. The number of hydrogen-bond donors (Lipinski definition) is 1. The minimum Gasteiger partial charge on any atom is -0.467 e.